The van der Waals surface area contributed by atoms with Crippen LogP contribution in [-0.4, -0.2) is 17.6 Å². The van der Waals surface area contributed by atoms with Gasteiger partial charge in [0.25, 0.3) is 0 Å². The van der Waals surface area contributed by atoms with Gasteiger partial charge in [0, 0.05) is 5.39 Å². The van der Waals surface area contributed by atoms with Crippen molar-refractivity contribution >= 4 is 45.2 Å². The number of ketones is 1. The Kier molecular flexibility index (Phi) is 5.09. The predicted octanol–water partition coefficient (Wildman–Crippen LogP) is 6.95. The number of allylic oxidation sites excluding steroid dienone is 2. The van der Waals surface area contributed by atoms with E-state index in [4.69, 9.17) is 0 Å². The summed E-state index contributed by atoms with van der Waals surface area (Å²) in [6, 6.07) is 33.5. The first kappa shape index (κ1) is 23.8. The van der Waals surface area contributed by atoms with Crippen LogP contribution in [-0.2, 0) is 14.4 Å². The number of fused-ring (bicyclic) bond motifs is 6. The predicted molar refractivity (Wildman–Crippen MR) is 154 cm³/mol. The van der Waals surface area contributed by atoms with Gasteiger partial charge in [-0.25, -0.2) is 4.90 Å². The van der Waals surface area contributed by atoms with Gasteiger partial charge in [0.15, 0.2) is 5.78 Å². The molecule has 2 amide bonds. The molecule has 7 rings (SSSR count). The molecular weight excluding hydrogens is 482 g/mol. The van der Waals surface area contributed by atoms with E-state index in [0.717, 1.165) is 39.5 Å². The zero-order valence-corrected chi connectivity index (χ0v) is 22.1. The molecule has 4 aromatic rings. The largest absolute Gasteiger partial charge is 0.298 e. The average molecular weight is 512 g/mol. The maximum absolute atomic E-state index is 14.8. The van der Waals surface area contributed by atoms with Gasteiger partial charge in [0.2, 0.25) is 11.8 Å². The number of rotatable bonds is 5. The fraction of sp³-hybridized carbons (Fsp3) is 0.229. The van der Waals surface area contributed by atoms with Crippen LogP contribution in [0.4, 0.5) is 5.69 Å². The van der Waals surface area contributed by atoms with E-state index in [1.54, 1.807) is 0 Å². The molecule has 4 heteroatoms. The number of carbonyl (C=O) groups is 3. The van der Waals surface area contributed by atoms with Crippen molar-refractivity contribution in [3.05, 3.63) is 114 Å². The standard InChI is InChI=1S/C35H29NO3/c1-3-21-35-28(24-16-8-5-9-17-24)27(23-14-6-4-7-15-23)34(2,33(35)39)29-30(35)32(38)36(31(29)37)26-20-12-18-22-13-10-11-19-25(22)26/h4-20,29-30H,3,21H2,1-2H3/t29-,30+,34+,35-/m1/s1. The minimum absolute atomic E-state index is 0.0174. The molecule has 3 aliphatic rings. The Labute approximate surface area is 228 Å². The van der Waals surface area contributed by atoms with Crippen LogP contribution < -0.4 is 4.90 Å². The maximum Gasteiger partial charge on any atom is 0.239 e. The number of benzene rings is 4. The number of hydrogen-bond donors (Lipinski definition) is 0. The van der Waals surface area contributed by atoms with Gasteiger partial charge >= 0.3 is 0 Å². The van der Waals surface area contributed by atoms with Crippen LogP contribution in [0.15, 0.2) is 103 Å². The number of anilines is 1. The van der Waals surface area contributed by atoms with Crippen LogP contribution in [0.2, 0.25) is 0 Å². The van der Waals surface area contributed by atoms with Crippen molar-refractivity contribution in [1.29, 1.82) is 0 Å². The Morgan fingerprint density at radius 2 is 1.23 bits per heavy atom. The highest BCUT2D eigenvalue weighted by Crippen LogP contribution is 2.75. The molecule has 1 aliphatic heterocycles. The number of nitrogens with zero attached hydrogens (tertiary/aromatic N) is 1. The minimum Gasteiger partial charge on any atom is -0.298 e. The summed E-state index contributed by atoms with van der Waals surface area (Å²) in [5.74, 6) is -1.98. The van der Waals surface area contributed by atoms with Crippen LogP contribution in [0.3, 0.4) is 0 Å². The van der Waals surface area contributed by atoms with E-state index in [1.807, 2.05) is 110 Å². The molecule has 0 radical (unpaired) electrons. The molecule has 39 heavy (non-hydrogen) atoms. The van der Waals surface area contributed by atoms with E-state index in [-0.39, 0.29) is 17.6 Å². The lowest BCUT2D eigenvalue weighted by Crippen LogP contribution is -2.41. The lowest BCUT2D eigenvalue weighted by atomic mass is 9.61. The molecule has 2 aliphatic carbocycles. The summed E-state index contributed by atoms with van der Waals surface area (Å²) in [4.78, 5) is 45.2. The lowest BCUT2D eigenvalue weighted by molar-refractivity contribution is -0.134. The number of carbonyl (C=O) groups excluding carboxylic acids is 3. The van der Waals surface area contributed by atoms with Crippen molar-refractivity contribution in [1.82, 2.24) is 0 Å². The quantitative estimate of drug-likeness (QED) is 0.273. The minimum atomic E-state index is -1.11. The summed E-state index contributed by atoms with van der Waals surface area (Å²) < 4.78 is 0. The summed E-state index contributed by atoms with van der Waals surface area (Å²) in [6.45, 7) is 3.97. The summed E-state index contributed by atoms with van der Waals surface area (Å²) in [6.07, 6.45) is 1.24. The first-order chi connectivity index (χ1) is 19.0. The van der Waals surface area contributed by atoms with Crippen molar-refractivity contribution in [2.45, 2.75) is 26.7 Å². The van der Waals surface area contributed by atoms with Gasteiger partial charge in [-0.2, -0.15) is 0 Å². The third kappa shape index (κ3) is 2.86. The number of hydrogen-bond acceptors (Lipinski definition) is 3. The van der Waals surface area contributed by atoms with Crippen LogP contribution in [0, 0.1) is 22.7 Å². The van der Waals surface area contributed by atoms with E-state index in [1.165, 1.54) is 4.90 Å². The molecule has 0 N–H and O–H groups in total. The Morgan fingerprint density at radius 1 is 0.667 bits per heavy atom. The molecule has 0 unspecified atom stereocenters. The normalized spacial score (nSPS) is 27.6. The fourth-order valence-electron chi connectivity index (χ4n) is 8.00. The second kappa shape index (κ2) is 8.34. The van der Waals surface area contributed by atoms with Crippen molar-refractivity contribution in [3.63, 3.8) is 0 Å². The highest BCUT2D eigenvalue weighted by atomic mass is 16.2. The van der Waals surface area contributed by atoms with E-state index in [2.05, 4.69) is 6.92 Å². The zero-order chi connectivity index (χ0) is 26.9. The third-order valence-electron chi connectivity index (χ3n) is 9.33. The second-order valence-electron chi connectivity index (χ2n) is 11.2. The van der Waals surface area contributed by atoms with E-state index < -0.39 is 22.7 Å². The molecule has 1 saturated carbocycles. The SMILES string of the molecule is CCC[C@@]12C(=O)[C@@](C)(C(c3ccccc3)=C1c1ccccc1)[C@H]1C(=O)N(c3cccc4ccccc34)C(=O)[C@H]12. The highest BCUT2D eigenvalue weighted by Gasteiger charge is 2.80. The number of Topliss-reactive ketones (excluding diaryl/α,β-unsaturated/α-hetero) is 1. The van der Waals surface area contributed by atoms with Crippen LogP contribution in [0.1, 0.15) is 37.8 Å². The van der Waals surface area contributed by atoms with Gasteiger partial charge in [-0.15, -0.1) is 0 Å². The van der Waals surface area contributed by atoms with Gasteiger partial charge in [0.1, 0.15) is 0 Å². The molecule has 2 fully saturated rings. The van der Waals surface area contributed by atoms with Crippen molar-refractivity contribution in [2.75, 3.05) is 4.90 Å². The number of imide groups is 1. The summed E-state index contributed by atoms with van der Waals surface area (Å²) in [7, 11) is 0. The van der Waals surface area contributed by atoms with Gasteiger partial charge in [0.05, 0.1) is 28.4 Å². The second-order valence-corrected chi connectivity index (χ2v) is 11.2. The smallest absolute Gasteiger partial charge is 0.239 e. The first-order valence-electron chi connectivity index (χ1n) is 13.7. The Hall–Kier alpha value is -4.31. The molecule has 4 atom stereocenters. The molecule has 1 saturated heterocycles. The average Bonchev–Trinajstić information content (AvgIpc) is 3.43. The highest BCUT2D eigenvalue weighted by molar-refractivity contribution is 6.35. The summed E-state index contributed by atoms with van der Waals surface area (Å²) in [5.41, 5.74) is 2.13. The number of amides is 2. The summed E-state index contributed by atoms with van der Waals surface area (Å²) in [5, 5.41) is 1.82. The van der Waals surface area contributed by atoms with Crippen molar-refractivity contribution in [2.24, 2.45) is 22.7 Å². The lowest BCUT2D eigenvalue weighted by Gasteiger charge is -2.37. The van der Waals surface area contributed by atoms with E-state index in [0.29, 0.717) is 12.1 Å². The molecule has 2 bridgehead atoms. The fourth-order valence-corrected chi connectivity index (χ4v) is 8.00. The van der Waals surface area contributed by atoms with Crippen LogP contribution >= 0.6 is 0 Å². The monoisotopic (exact) mass is 511 g/mol. The van der Waals surface area contributed by atoms with Crippen LogP contribution in [0.5, 0.6) is 0 Å². The molecule has 0 spiro atoms. The summed E-state index contributed by atoms with van der Waals surface area (Å²) >= 11 is 0. The molecule has 192 valence electrons. The van der Waals surface area contributed by atoms with E-state index in [9.17, 15) is 14.4 Å². The van der Waals surface area contributed by atoms with Gasteiger partial charge in [-0.3, -0.25) is 14.4 Å². The molecule has 0 aromatic heterocycles. The van der Waals surface area contributed by atoms with Gasteiger partial charge in [-0.05, 0) is 47.1 Å². The first-order valence-corrected chi connectivity index (χ1v) is 13.7. The third-order valence-corrected chi connectivity index (χ3v) is 9.33. The molecule has 4 nitrogen and oxygen atoms in total. The topological polar surface area (TPSA) is 54.5 Å². The van der Waals surface area contributed by atoms with Crippen LogP contribution in [0.25, 0.3) is 21.9 Å². The molecular formula is C35H29NO3. The Balaban J connectivity index is 1.52. The zero-order valence-electron chi connectivity index (χ0n) is 22.1. The van der Waals surface area contributed by atoms with Crippen molar-refractivity contribution in [3.8, 4) is 0 Å². The van der Waals surface area contributed by atoms with Gasteiger partial charge < -0.3 is 0 Å². The van der Waals surface area contributed by atoms with Crippen molar-refractivity contribution < 1.29 is 14.4 Å². The Morgan fingerprint density at radius 3 is 1.90 bits per heavy atom. The van der Waals surface area contributed by atoms with E-state index >= 15 is 0 Å². The Bertz CT molecular complexity index is 1700. The van der Waals surface area contributed by atoms with Gasteiger partial charge in [-0.1, -0.05) is 110 Å². The molecule has 4 aromatic carbocycles. The maximum atomic E-state index is 14.8. The molecule has 1 heterocycles.